The van der Waals surface area contributed by atoms with Crippen LogP contribution < -0.4 is 15.5 Å². The lowest BCUT2D eigenvalue weighted by Crippen LogP contribution is -2.37. The molecule has 2 N–H and O–H groups in total. The number of anilines is 1. The first kappa shape index (κ1) is 20.2. The third-order valence-electron chi connectivity index (χ3n) is 3.35. The number of aliphatic imine (C=N–C) groups is 1. The Kier molecular flexibility index (Phi) is 8.51. The van der Waals surface area contributed by atoms with Crippen molar-refractivity contribution in [3.05, 3.63) is 41.9 Å². The average Bonchev–Trinajstić information content (AvgIpc) is 2.95. The van der Waals surface area contributed by atoms with Crippen LogP contribution in [0.4, 0.5) is 5.82 Å². The summed E-state index contributed by atoms with van der Waals surface area (Å²) in [7, 11) is 5.89. The van der Waals surface area contributed by atoms with Crippen molar-refractivity contribution < 1.29 is 0 Å². The predicted molar refractivity (Wildman–Crippen MR) is 109 cm³/mol. The summed E-state index contributed by atoms with van der Waals surface area (Å²) >= 11 is 0. The van der Waals surface area contributed by atoms with E-state index in [0.29, 0.717) is 13.1 Å². The molecular weight excluding hydrogens is 417 g/mol. The second-order valence-corrected chi connectivity index (χ2v) is 5.38. The average molecular weight is 443 g/mol. The van der Waals surface area contributed by atoms with Gasteiger partial charge in [-0.2, -0.15) is 5.10 Å². The summed E-state index contributed by atoms with van der Waals surface area (Å²) in [6, 6.07) is 7.96. The van der Waals surface area contributed by atoms with Gasteiger partial charge >= 0.3 is 0 Å². The fourth-order valence-electron chi connectivity index (χ4n) is 2.05. The van der Waals surface area contributed by atoms with Crippen molar-refractivity contribution in [1.29, 1.82) is 0 Å². The van der Waals surface area contributed by atoms with Crippen molar-refractivity contribution in [2.45, 2.75) is 20.0 Å². The molecule has 0 aromatic carbocycles. The van der Waals surface area contributed by atoms with Crippen LogP contribution in [0.1, 0.15) is 18.3 Å². The molecule has 0 unspecified atom stereocenters. The summed E-state index contributed by atoms with van der Waals surface area (Å²) in [5.74, 6) is 1.70. The van der Waals surface area contributed by atoms with Gasteiger partial charge in [-0.3, -0.25) is 4.68 Å². The Labute approximate surface area is 160 Å². The van der Waals surface area contributed by atoms with Gasteiger partial charge in [-0.15, -0.1) is 24.0 Å². The number of rotatable bonds is 6. The molecule has 2 aromatic rings. The molecule has 2 aromatic heterocycles. The first-order chi connectivity index (χ1) is 11.1. The van der Waals surface area contributed by atoms with Crippen LogP contribution >= 0.6 is 24.0 Å². The summed E-state index contributed by atoms with van der Waals surface area (Å²) in [5.41, 5.74) is 2.04. The van der Waals surface area contributed by atoms with E-state index in [1.807, 2.05) is 61.9 Å². The van der Waals surface area contributed by atoms with Crippen LogP contribution in [0.15, 0.2) is 35.5 Å². The monoisotopic (exact) mass is 443 g/mol. The Morgan fingerprint density at radius 2 is 2.04 bits per heavy atom. The SMILES string of the molecule is CCNC(=NCc1cccc(N(C)C)n1)NCc1ccnn1C.I. The molecule has 0 aliphatic rings. The highest BCUT2D eigenvalue weighted by molar-refractivity contribution is 14.0. The number of aromatic nitrogens is 3. The molecule has 132 valence electrons. The third kappa shape index (κ3) is 5.99. The first-order valence-corrected chi connectivity index (χ1v) is 7.72. The molecule has 0 amide bonds. The summed E-state index contributed by atoms with van der Waals surface area (Å²) in [5, 5.41) is 10.7. The minimum absolute atomic E-state index is 0. The van der Waals surface area contributed by atoms with Gasteiger partial charge in [0.1, 0.15) is 5.82 Å². The maximum atomic E-state index is 4.60. The van der Waals surface area contributed by atoms with E-state index in [0.717, 1.165) is 29.7 Å². The molecule has 0 fully saturated rings. The Balaban J connectivity index is 0.00000288. The molecule has 2 heterocycles. The van der Waals surface area contributed by atoms with E-state index in [9.17, 15) is 0 Å². The van der Waals surface area contributed by atoms with Crippen molar-refractivity contribution in [3.8, 4) is 0 Å². The van der Waals surface area contributed by atoms with Gasteiger partial charge in [-0.05, 0) is 25.1 Å². The molecule has 2 rings (SSSR count). The molecule has 0 saturated heterocycles. The smallest absolute Gasteiger partial charge is 0.191 e. The van der Waals surface area contributed by atoms with E-state index < -0.39 is 0 Å². The number of hydrogen-bond acceptors (Lipinski definition) is 4. The number of aryl methyl sites for hydroxylation is 1. The van der Waals surface area contributed by atoms with Crippen LogP contribution in [-0.4, -0.2) is 41.4 Å². The van der Waals surface area contributed by atoms with Crippen LogP contribution in [0.2, 0.25) is 0 Å². The van der Waals surface area contributed by atoms with E-state index in [4.69, 9.17) is 0 Å². The summed E-state index contributed by atoms with van der Waals surface area (Å²) in [4.78, 5) is 11.2. The second kappa shape index (κ2) is 10.1. The number of nitrogens with one attached hydrogen (secondary N) is 2. The number of halogens is 1. The zero-order valence-corrected chi connectivity index (χ0v) is 17.0. The van der Waals surface area contributed by atoms with Crippen molar-refractivity contribution in [2.75, 3.05) is 25.5 Å². The summed E-state index contributed by atoms with van der Waals surface area (Å²) in [6.45, 7) is 4.06. The van der Waals surface area contributed by atoms with Crippen LogP contribution in [0.3, 0.4) is 0 Å². The molecular formula is C16H26IN7. The quantitative estimate of drug-likeness (QED) is 0.405. The van der Waals surface area contributed by atoms with Gasteiger partial charge in [-0.25, -0.2) is 9.98 Å². The maximum Gasteiger partial charge on any atom is 0.191 e. The number of hydrogen-bond donors (Lipinski definition) is 2. The molecule has 0 saturated carbocycles. The van der Waals surface area contributed by atoms with Gasteiger partial charge in [0.2, 0.25) is 0 Å². The van der Waals surface area contributed by atoms with Gasteiger partial charge in [0, 0.05) is 33.9 Å². The van der Waals surface area contributed by atoms with E-state index in [1.165, 1.54) is 0 Å². The van der Waals surface area contributed by atoms with Crippen molar-refractivity contribution >= 4 is 35.8 Å². The second-order valence-electron chi connectivity index (χ2n) is 5.38. The lowest BCUT2D eigenvalue weighted by atomic mass is 10.3. The van der Waals surface area contributed by atoms with Gasteiger partial charge in [0.25, 0.3) is 0 Å². The van der Waals surface area contributed by atoms with Gasteiger partial charge in [-0.1, -0.05) is 6.07 Å². The van der Waals surface area contributed by atoms with Crippen molar-refractivity contribution in [1.82, 2.24) is 25.4 Å². The Morgan fingerprint density at radius 1 is 1.25 bits per heavy atom. The fraction of sp³-hybridized carbons (Fsp3) is 0.438. The normalized spacial score (nSPS) is 10.9. The van der Waals surface area contributed by atoms with Crippen LogP contribution in [0.5, 0.6) is 0 Å². The molecule has 0 radical (unpaired) electrons. The molecule has 8 heteroatoms. The molecule has 0 atom stereocenters. The Bertz CT molecular complexity index is 651. The van der Waals surface area contributed by atoms with Gasteiger partial charge in [0.05, 0.1) is 24.5 Å². The van der Waals surface area contributed by atoms with Crippen LogP contribution in [0.25, 0.3) is 0 Å². The largest absolute Gasteiger partial charge is 0.363 e. The van der Waals surface area contributed by atoms with Gasteiger partial charge in [0.15, 0.2) is 5.96 Å². The van der Waals surface area contributed by atoms with Crippen molar-refractivity contribution in [2.24, 2.45) is 12.0 Å². The highest BCUT2D eigenvalue weighted by Gasteiger charge is 2.03. The summed E-state index contributed by atoms with van der Waals surface area (Å²) < 4.78 is 1.85. The third-order valence-corrected chi connectivity index (χ3v) is 3.35. The molecule has 0 bridgehead atoms. The molecule has 0 spiro atoms. The fourth-order valence-corrected chi connectivity index (χ4v) is 2.05. The Morgan fingerprint density at radius 3 is 2.67 bits per heavy atom. The number of guanidine groups is 1. The van der Waals surface area contributed by atoms with Crippen LogP contribution in [0, 0.1) is 0 Å². The molecule has 0 aliphatic heterocycles. The van der Waals surface area contributed by atoms with Crippen molar-refractivity contribution in [3.63, 3.8) is 0 Å². The lowest BCUT2D eigenvalue weighted by molar-refractivity contribution is 0.684. The van der Waals surface area contributed by atoms with E-state index >= 15 is 0 Å². The number of nitrogens with zero attached hydrogens (tertiary/aromatic N) is 5. The van der Waals surface area contributed by atoms with E-state index in [2.05, 4.69) is 25.7 Å². The standard InChI is InChI=1S/C16H25N7.HI/c1-5-17-16(19-12-14-9-10-20-23(14)4)18-11-13-7-6-8-15(21-13)22(2)3;/h6-10H,5,11-12H2,1-4H3,(H2,17,18,19);1H. The zero-order chi connectivity index (χ0) is 16.7. The Hall–Kier alpha value is -1.84. The first-order valence-electron chi connectivity index (χ1n) is 7.72. The topological polar surface area (TPSA) is 70.4 Å². The minimum atomic E-state index is 0. The minimum Gasteiger partial charge on any atom is -0.363 e. The molecule has 0 aliphatic carbocycles. The molecule has 24 heavy (non-hydrogen) atoms. The van der Waals surface area contributed by atoms with Gasteiger partial charge < -0.3 is 15.5 Å². The lowest BCUT2D eigenvalue weighted by Gasteiger charge is -2.13. The predicted octanol–water partition coefficient (Wildman–Crippen LogP) is 1.75. The zero-order valence-electron chi connectivity index (χ0n) is 14.7. The van der Waals surface area contributed by atoms with Crippen LogP contribution in [-0.2, 0) is 20.1 Å². The number of pyridine rings is 1. The van der Waals surface area contributed by atoms with E-state index in [1.54, 1.807) is 6.20 Å². The van der Waals surface area contributed by atoms with E-state index in [-0.39, 0.29) is 24.0 Å². The molecule has 7 nitrogen and oxygen atoms in total. The highest BCUT2D eigenvalue weighted by atomic mass is 127. The maximum absolute atomic E-state index is 4.60. The summed E-state index contributed by atoms with van der Waals surface area (Å²) in [6.07, 6.45) is 1.79. The highest BCUT2D eigenvalue weighted by Crippen LogP contribution is 2.08.